The molecule has 1 aromatic rings. The lowest BCUT2D eigenvalue weighted by Crippen LogP contribution is -2.37. The Morgan fingerprint density at radius 3 is 2.67 bits per heavy atom. The molecule has 0 saturated heterocycles. The van der Waals surface area contributed by atoms with Crippen LogP contribution in [0.4, 0.5) is 0 Å². The number of nitrogens with two attached hydrogens (primary N) is 1. The van der Waals surface area contributed by atoms with Crippen LogP contribution in [0.5, 0.6) is 0 Å². The molecule has 2 N–H and O–H groups in total. The van der Waals surface area contributed by atoms with Crippen molar-refractivity contribution >= 4 is 17.2 Å². The number of nitrogens with zero attached hydrogens (tertiary/aromatic N) is 5. The van der Waals surface area contributed by atoms with Crippen LogP contribution in [0.3, 0.4) is 0 Å². The number of hydrogen-bond donors (Lipinski definition) is 1. The molecule has 0 aliphatic rings. The molecule has 0 aromatic carbocycles. The van der Waals surface area contributed by atoms with Crippen LogP contribution < -0.4 is 5.73 Å². The van der Waals surface area contributed by atoms with E-state index in [1.807, 2.05) is 0 Å². The zero-order valence-electron chi connectivity index (χ0n) is 9.21. The fourth-order valence-corrected chi connectivity index (χ4v) is 1.36. The van der Waals surface area contributed by atoms with E-state index in [1.54, 1.807) is 7.05 Å². The van der Waals surface area contributed by atoms with E-state index in [-0.39, 0.29) is 0 Å². The van der Waals surface area contributed by atoms with Gasteiger partial charge in [0.15, 0.2) is 5.82 Å². The van der Waals surface area contributed by atoms with Crippen molar-refractivity contribution in [3.05, 3.63) is 5.82 Å². The molecule has 0 spiro atoms. The van der Waals surface area contributed by atoms with Crippen molar-refractivity contribution in [1.82, 2.24) is 25.1 Å². The van der Waals surface area contributed by atoms with Crippen molar-refractivity contribution in [3.63, 3.8) is 0 Å². The Morgan fingerprint density at radius 2 is 2.27 bits per heavy atom. The van der Waals surface area contributed by atoms with Gasteiger partial charge in [-0.25, -0.2) is 0 Å². The summed E-state index contributed by atoms with van der Waals surface area (Å²) in [6.07, 6.45) is 0. The monoisotopic (exact) mass is 228 g/mol. The summed E-state index contributed by atoms with van der Waals surface area (Å²) in [4.78, 5) is 4.01. The van der Waals surface area contributed by atoms with Gasteiger partial charge in [-0.3, -0.25) is 4.90 Å². The third-order valence-electron chi connectivity index (χ3n) is 1.98. The highest BCUT2D eigenvalue weighted by molar-refractivity contribution is 7.80. The van der Waals surface area contributed by atoms with E-state index >= 15 is 0 Å². The van der Waals surface area contributed by atoms with Gasteiger partial charge < -0.3 is 5.73 Å². The largest absolute Gasteiger partial charge is 0.392 e. The molecule has 84 valence electrons. The Bertz CT molecular complexity index is 334. The summed E-state index contributed by atoms with van der Waals surface area (Å²) in [5.74, 6) is 0.683. The zero-order valence-corrected chi connectivity index (χ0v) is 10.0. The minimum Gasteiger partial charge on any atom is -0.392 e. The molecule has 6 nitrogen and oxygen atoms in total. The highest BCUT2D eigenvalue weighted by Gasteiger charge is 2.13. The number of rotatable bonds is 5. The van der Waals surface area contributed by atoms with E-state index in [4.69, 9.17) is 18.0 Å². The van der Waals surface area contributed by atoms with E-state index in [0.29, 0.717) is 29.9 Å². The molecule has 0 saturated carbocycles. The molecule has 0 amide bonds. The van der Waals surface area contributed by atoms with E-state index < -0.39 is 0 Å². The lowest BCUT2D eigenvalue weighted by molar-refractivity contribution is 0.239. The average Bonchev–Trinajstić information content (AvgIpc) is 2.49. The Balaban J connectivity index is 2.62. The standard InChI is InChI=1S/C8H16N6S/c1-6(2)14(4-7(9)15)5-8-10-12-13(3)11-8/h6H,4-5H2,1-3H3,(H2,9,15). The molecule has 0 radical (unpaired) electrons. The van der Waals surface area contributed by atoms with Crippen molar-refractivity contribution in [1.29, 1.82) is 0 Å². The lowest BCUT2D eigenvalue weighted by Gasteiger charge is -2.23. The minimum atomic E-state index is 0.343. The first-order chi connectivity index (χ1) is 6.99. The Morgan fingerprint density at radius 1 is 1.60 bits per heavy atom. The first kappa shape index (κ1) is 12.0. The molecule has 1 heterocycles. The Hall–Kier alpha value is -1.08. The number of aromatic nitrogens is 4. The van der Waals surface area contributed by atoms with Crippen molar-refractivity contribution in [3.8, 4) is 0 Å². The topological polar surface area (TPSA) is 72.9 Å². The predicted octanol–water partition coefficient (Wildman–Crippen LogP) is -0.293. The molecule has 0 atom stereocenters. The van der Waals surface area contributed by atoms with Crippen molar-refractivity contribution in [2.45, 2.75) is 26.4 Å². The van der Waals surface area contributed by atoms with Crippen molar-refractivity contribution in [2.75, 3.05) is 6.54 Å². The van der Waals surface area contributed by atoms with Gasteiger partial charge in [0.05, 0.1) is 18.6 Å². The smallest absolute Gasteiger partial charge is 0.188 e. The molecule has 0 aliphatic carbocycles. The average molecular weight is 228 g/mol. The predicted molar refractivity (Wildman–Crippen MR) is 61.1 cm³/mol. The van der Waals surface area contributed by atoms with E-state index in [0.717, 1.165) is 0 Å². The molecule has 0 aliphatic heterocycles. The zero-order chi connectivity index (χ0) is 11.4. The SMILES string of the molecule is CC(C)N(CC(N)=S)Cc1nnn(C)n1. The van der Waals surface area contributed by atoms with Crippen LogP contribution in [0.15, 0.2) is 0 Å². The summed E-state index contributed by atoms with van der Waals surface area (Å²) < 4.78 is 0. The van der Waals surface area contributed by atoms with Crippen LogP contribution in [0.25, 0.3) is 0 Å². The van der Waals surface area contributed by atoms with Gasteiger partial charge in [0.25, 0.3) is 0 Å². The third kappa shape index (κ3) is 3.88. The second kappa shape index (κ2) is 5.13. The van der Waals surface area contributed by atoms with Crippen LogP contribution in [-0.4, -0.2) is 42.7 Å². The second-order valence-electron chi connectivity index (χ2n) is 3.66. The molecule has 7 heteroatoms. The summed E-state index contributed by atoms with van der Waals surface area (Å²) in [6.45, 7) is 5.34. The summed E-state index contributed by atoms with van der Waals surface area (Å²) >= 11 is 4.89. The number of aryl methyl sites for hydroxylation is 1. The molecule has 0 unspecified atom stereocenters. The molecular formula is C8H16N6S. The molecule has 1 rings (SSSR count). The van der Waals surface area contributed by atoms with Gasteiger partial charge in [-0.1, -0.05) is 12.2 Å². The van der Waals surface area contributed by atoms with Gasteiger partial charge in [0, 0.05) is 12.6 Å². The van der Waals surface area contributed by atoms with Crippen LogP contribution in [0.1, 0.15) is 19.7 Å². The second-order valence-corrected chi connectivity index (χ2v) is 4.18. The first-order valence-corrected chi connectivity index (χ1v) is 5.15. The van der Waals surface area contributed by atoms with Gasteiger partial charge in [0.1, 0.15) is 0 Å². The molecule has 0 bridgehead atoms. The van der Waals surface area contributed by atoms with Crippen molar-refractivity contribution in [2.24, 2.45) is 12.8 Å². The maximum Gasteiger partial charge on any atom is 0.188 e. The van der Waals surface area contributed by atoms with Crippen molar-refractivity contribution < 1.29 is 0 Å². The van der Waals surface area contributed by atoms with Gasteiger partial charge in [-0.05, 0) is 19.1 Å². The molecular weight excluding hydrogens is 212 g/mol. The summed E-state index contributed by atoms with van der Waals surface area (Å²) in [5, 5.41) is 11.8. The summed E-state index contributed by atoms with van der Waals surface area (Å²) in [5.41, 5.74) is 5.52. The Kier molecular flexibility index (Phi) is 4.10. The number of tetrazole rings is 1. The quantitative estimate of drug-likeness (QED) is 0.698. The van der Waals surface area contributed by atoms with Crippen LogP contribution in [-0.2, 0) is 13.6 Å². The lowest BCUT2D eigenvalue weighted by atomic mass is 10.3. The highest BCUT2D eigenvalue weighted by Crippen LogP contribution is 2.02. The highest BCUT2D eigenvalue weighted by atomic mass is 32.1. The van der Waals surface area contributed by atoms with E-state index in [2.05, 4.69) is 34.2 Å². The Labute approximate surface area is 94.4 Å². The third-order valence-corrected chi connectivity index (χ3v) is 2.11. The van der Waals surface area contributed by atoms with Gasteiger partial charge in [-0.2, -0.15) is 4.80 Å². The summed E-state index contributed by atoms with van der Waals surface area (Å²) in [6, 6.07) is 0.343. The maximum absolute atomic E-state index is 5.52. The van der Waals surface area contributed by atoms with Gasteiger partial charge in [-0.15, -0.1) is 10.2 Å². The minimum absolute atomic E-state index is 0.343. The van der Waals surface area contributed by atoms with E-state index in [1.165, 1.54) is 4.80 Å². The fraction of sp³-hybridized carbons (Fsp3) is 0.750. The van der Waals surface area contributed by atoms with E-state index in [9.17, 15) is 0 Å². The molecule has 1 aromatic heterocycles. The van der Waals surface area contributed by atoms with Crippen LogP contribution in [0, 0.1) is 0 Å². The molecule has 15 heavy (non-hydrogen) atoms. The van der Waals surface area contributed by atoms with Crippen LogP contribution >= 0.6 is 12.2 Å². The first-order valence-electron chi connectivity index (χ1n) is 4.74. The van der Waals surface area contributed by atoms with Crippen LogP contribution in [0.2, 0.25) is 0 Å². The maximum atomic E-state index is 5.52. The normalized spacial score (nSPS) is 11.3. The fourth-order valence-electron chi connectivity index (χ4n) is 1.19. The van der Waals surface area contributed by atoms with Gasteiger partial charge >= 0.3 is 0 Å². The van der Waals surface area contributed by atoms with Gasteiger partial charge in [0.2, 0.25) is 0 Å². The summed E-state index contributed by atoms with van der Waals surface area (Å²) in [7, 11) is 1.74. The molecule has 0 fully saturated rings. The number of thiocarbonyl (C=S) groups is 1. The number of hydrogen-bond acceptors (Lipinski definition) is 5.